The summed E-state index contributed by atoms with van der Waals surface area (Å²) < 4.78 is 26.7. The van der Waals surface area contributed by atoms with Gasteiger partial charge in [-0.15, -0.1) is 0 Å². The second kappa shape index (κ2) is 5.69. The van der Waals surface area contributed by atoms with Gasteiger partial charge in [0.15, 0.2) is 0 Å². The fourth-order valence-corrected chi connectivity index (χ4v) is 2.75. The summed E-state index contributed by atoms with van der Waals surface area (Å²) in [5, 5.41) is 8.73. The van der Waals surface area contributed by atoms with Crippen LogP contribution in [0.25, 0.3) is 0 Å². The zero-order valence-corrected chi connectivity index (χ0v) is 11.3. The number of hydrogen-bond donors (Lipinski definition) is 2. The molecule has 0 aliphatic heterocycles. The van der Waals surface area contributed by atoms with Gasteiger partial charge in [-0.1, -0.05) is 0 Å². The molecule has 1 aromatic carbocycles. The van der Waals surface area contributed by atoms with Crippen molar-refractivity contribution in [1.82, 2.24) is 9.71 Å². The highest BCUT2D eigenvalue weighted by atomic mass is 32.2. The minimum absolute atomic E-state index is 0.0365. The zero-order valence-electron chi connectivity index (χ0n) is 10.4. The first-order valence-electron chi connectivity index (χ1n) is 5.71. The summed E-state index contributed by atoms with van der Waals surface area (Å²) in [6, 6.07) is 9.40. The lowest BCUT2D eigenvalue weighted by Gasteiger charge is -2.09. The smallest absolute Gasteiger partial charge is 0.242 e. The molecule has 20 heavy (non-hydrogen) atoms. The molecule has 0 spiro atoms. The van der Waals surface area contributed by atoms with E-state index in [1.165, 1.54) is 18.2 Å². The summed E-state index contributed by atoms with van der Waals surface area (Å²) in [6.07, 6.45) is 3.17. The average molecular weight is 288 g/mol. The molecular weight excluding hydrogens is 276 g/mol. The van der Waals surface area contributed by atoms with Crippen molar-refractivity contribution in [2.75, 3.05) is 5.73 Å². The van der Waals surface area contributed by atoms with Crippen LogP contribution in [-0.4, -0.2) is 13.4 Å². The molecule has 0 atom stereocenters. The Morgan fingerprint density at radius 2 is 1.95 bits per heavy atom. The van der Waals surface area contributed by atoms with E-state index >= 15 is 0 Å². The first-order valence-corrected chi connectivity index (χ1v) is 7.19. The number of anilines is 1. The quantitative estimate of drug-likeness (QED) is 0.816. The van der Waals surface area contributed by atoms with Crippen molar-refractivity contribution in [3.05, 3.63) is 53.9 Å². The van der Waals surface area contributed by atoms with Gasteiger partial charge in [-0.3, -0.25) is 4.98 Å². The van der Waals surface area contributed by atoms with Gasteiger partial charge in [0, 0.05) is 18.9 Å². The largest absolute Gasteiger partial charge is 0.398 e. The summed E-state index contributed by atoms with van der Waals surface area (Å²) >= 11 is 0. The number of hydrogen-bond acceptors (Lipinski definition) is 5. The molecule has 2 aromatic rings. The van der Waals surface area contributed by atoms with Crippen LogP contribution < -0.4 is 10.5 Å². The summed E-state index contributed by atoms with van der Waals surface area (Å²) in [5.74, 6) is 0. The van der Waals surface area contributed by atoms with Gasteiger partial charge in [0.2, 0.25) is 10.0 Å². The third-order valence-corrected chi connectivity index (χ3v) is 4.12. The Morgan fingerprint density at radius 1 is 1.25 bits per heavy atom. The molecule has 0 saturated heterocycles. The third-order valence-electron chi connectivity index (χ3n) is 2.64. The van der Waals surface area contributed by atoms with Crippen LogP contribution >= 0.6 is 0 Å². The number of benzene rings is 1. The normalized spacial score (nSPS) is 10.9. The van der Waals surface area contributed by atoms with Gasteiger partial charge in [-0.2, -0.15) is 5.26 Å². The Kier molecular flexibility index (Phi) is 3.98. The van der Waals surface area contributed by atoms with Crippen molar-refractivity contribution < 1.29 is 8.42 Å². The molecule has 1 heterocycles. The van der Waals surface area contributed by atoms with Gasteiger partial charge in [0.1, 0.15) is 4.90 Å². The Morgan fingerprint density at radius 3 is 2.55 bits per heavy atom. The predicted octanol–water partition coefficient (Wildman–Crippen LogP) is 1.01. The van der Waals surface area contributed by atoms with Crippen LogP contribution in [0.15, 0.2) is 47.6 Å². The number of nitriles is 1. The van der Waals surface area contributed by atoms with Crippen LogP contribution in [0.4, 0.5) is 5.69 Å². The van der Waals surface area contributed by atoms with Crippen LogP contribution in [-0.2, 0) is 16.6 Å². The van der Waals surface area contributed by atoms with E-state index in [1.807, 2.05) is 6.07 Å². The number of nitrogens with zero attached hydrogens (tertiary/aromatic N) is 2. The number of nitrogens with one attached hydrogen (secondary N) is 1. The van der Waals surface area contributed by atoms with E-state index in [1.54, 1.807) is 24.5 Å². The molecule has 6 nitrogen and oxygen atoms in total. The number of sulfonamides is 1. The lowest BCUT2D eigenvalue weighted by atomic mass is 10.2. The Hall–Kier alpha value is -2.43. The summed E-state index contributed by atoms with van der Waals surface area (Å²) in [4.78, 5) is 3.82. The van der Waals surface area contributed by atoms with Crippen LogP contribution in [0.2, 0.25) is 0 Å². The van der Waals surface area contributed by atoms with Crippen molar-refractivity contribution in [3.63, 3.8) is 0 Å². The average Bonchev–Trinajstić information content (AvgIpc) is 2.46. The minimum atomic E-state index is -3.72. The number of aromatic nitrogens is 1. The van der Waals surface area contributed by atoms with Crippen LogP contribution in [0, 0.1) is 11.3 Å². The molecule has 1 aromatic heterocycles. The topological polar surface area (TPSA) is 109 Å². The summed E-state index contributed by atoms with van der Waals surface area (Å²) in [5.41, 5.74) is 6.82. The van der Waals surface area contributed by atoms with Gasteiger partial charge < -0.3 is 5.73 Å². The SMILES string of the molecule is N#Cc1ccc(S(=O)(=O)NCc2ccncc2)c(N)c1. The molecule has 0 bridgehead atoms. The molecule has 2 rings (SSSR count). The Labute approximate surface area is 116 Å². The molecule has 7 heteroatoms. The maximum absolute atomic E-state index is 12.1. The second-order valence-corrected chi connectivity index (χ2v) is 5.78. The number of nitrogen functional groups attached to an aromatic ring is 1. The van der Waals surface area contributed by atoms with Gasteiger partial charge in [0.25, 0.3) is 0 Å². The second-order valence-electron chi connectivity index (χ2n) is 4.04. The lowest BCUT2D eigenvalue weighted by Crippen LogP contribution is -2.24. The van der Waals surface area contributed by atoms with Crippen molar-refractivity contribution in [3.8, 4) is 6.07 Å². The first-order chi connectivity index (χ1) is 9.53. The Bertz CT molecular complexity index is 752. The maximum atomic E-state index is 12.1. The molecule has 3 N–H and O–H groups in total. The van der Waals surface area contributed by atoms with E-state index in [4.69, 9.17) is 11.0 Å². The highest BCUT2D eigenvalue weighted by Crippen LogP contribution is 2.19. The van der Waals surface area contributed by atoms with Crippen molar-refractivity contribution in [1.29, 1.82) is 5.26 Å². The fourth-order valence-electron chi connectivity index (χ4n) is 1.62. The van der Waals surface area contributed by atoms with Crippen LogP contribution in [0.5, 0.6) is 0 Å². The number of pyridine rings is 1. The van der Waals surface area contributed by atoms with E-state index < -0.39 is 10.0 Å². The zero-order chi connectivity index (χ0) is 14.6. The first kappa shape index (κ1) is 14.0. The van der Waals surface area contributed by atoms with E-state index in [2.05, 4.69) is 9.71 Å². The highest BCUT2D eigenvalue weighted by Gasteiger charge is 2.17. The summed E-state index contributed by atoms with van der Waals surface area (Å²) in [7, 11) is -3.72. The monoisotopic (exact) mass is 288 g/mol. The molecule has 0 radical (unpaired) electrons. The van der Waals surface area contributed by atoms with Gasteiger partial charge in [-0.05, 0) is 35.9 Å². The number of rotatable bonds is 4. The molecule has 102 valence electrons. The van der Waals surface area contributed by atoms with E-state index in [-0.39, 0.29) is 17.1 Å². The van der Waals surface area contributed by atoms with Crippen LogP contribution in [0.1, 0.15) is 11.1 Å². The summed E-state index contributed by atoms with van der Waals surface area (Å²) in [6.45, 7) is 0.143. The standard InChI is InChI=1S/C13H12N4O2S/c14-8-11-1-2-13(12(15)7-11)20(18,19)17-9-10-3-5-16-6-4-10/h1-7,17H,9,15H2. The minimum Gasteiger partial charge on any atom is -0.398 e. The Balaban J connectivity index is 2.21. The molecule has 0 amide bonds. The van der Waals surface area contributed by atoms with E-state index in [9.17, 15) is 8.42 Å². The lowest BCUT2D eigenvalue weighted by molar-refractivity contribution is 0.581. The molecular formula is C13H12N4O2S. The maximum Gasteiger partial charge on any atom is 0.242 e. The third kappa shape index (κ3) is 3.12. The van der Waals surface area contributed by atoms with Crippen molar-refractivity contribution >= 4 is 15.7 Å². The fraction of sp³-hybridized carbons (Fsp3) is 0.0769. The highest BCUT2D eigenvalue weighted by molar-refractivity contribution is 7.89. The van der Waals surface area contributed by atoms with Gasteiger partial charge in [0.05, 0.1) is 17.3 Å². The van der Waals surface area contributed by atoms with Gasteiger partial charge in [-0.25, -0.2) is 13.1 Å². The molecule has 0 fully saturated rings. The van der Waals surface area contributed by atoms with E-state index in [0.29, 0.717) is 5.56 Å². The van der Waals surface area contributed by atoms with Crippen LogP contribution in [0.3, 0.4) is 0 Å². The predicted molar refractivity (Wildman–Crippen MR) is 73.8 cm³/mol. The molecule has 0 saturated carbocycles. The van der Waals surface area contributed by atoms with Crippen molar-refractivity contribution in [2.24, 2.45) is 0 Å². The number of nitrogens with two attached hydrogens (primary N) is 1. The van der Waals surface area contributed by atoms with Crippen molar-refractivity contribution in [2.45, 2.75) is 11.4 Å². The molecule has 0 aliphatic rings. The van der Waals surface area contributed by atoms with Gasteiger partial charge >= 0.3 is 0 Å². The molecule has 0 aliphatic carbocycles. The van der Waals surface area contributed by atoms with E-state index in [0.717, 1.165) is 5.56 Å². The molecule has 0 unspecified atom stereocenters.